The van der Waals surface area contributed by atoms with E-state index in [-0.39, 0.29) is 0 Å². The van der Waals surface area contributed by atoms with Gasteiger partial charge in [0.1, 0.15) is 0 Å². The normalized spacial score (nSPS) is 13.1. The quantitative estimate of drug-likeness (QED) is 0.0759. The summed E-state index contributed by atoms with van der Waals surface area (Å²) in [5.74, 6) is 0. The Hall–Kier alpha value is -13.0. The molecule has 22 rings (SSSR count). The maximum Gasteiger partial charge on any atom is 0.179 e. The molecule has 548 valence electrons. The maximum absolute atomic E-state index is 3.65. The molecule has 2 aliphatic rings. The SMILES string of the molecule is Brc1ccc(C2(c3ccc(Br)cc3)c3ccccc3-n3c4ccccc4c4cccc2c43)cc1.c1ccc([Si](c2ccccc2)(c2ccccc2)c2ccc(-c3ccc(C4(c5ccc(-c6ccc([Si](c7ccccc7)(c7ccccc7)c7ccccc7)cc6)cc5)c5ccccc5-n5c6ccccc6c6cccc4c65)cc3)cc2)cc1. The fourth-order valence-corrected chi connectivity index (χ4v) is 30.2. The molecule has 0 saturated heterocycles. The molecule has 0 saturated carbocycles. The molecule has 0 spiro atoms. The molecule has 0 aliphatic carbocycles. The Bertz CT molecular complexity index is 6570. The van der Waals surface area contributed by atoms with E-state index in [9.17, 15) is 0 Å². The average Bonchev–Trinajstić information content (AvgIpc) is 1.43. The van der Waals surface area contributed by atoms with E-state index in [4.69, 9.17) is 0 Å². The third-order valence-corrected chi connectivity index (χ3v) is 35.7. The lowest BCUT2D eigenvalue weighted by Gasteiger charge is -2.42. The molecule has 0 atom stereocenters. The van der Waals surface area contributed by atoms with Crippen LogP contribution in [-0.4, -0.2) is 25.3 Å². The molecule has 0 N–H and O–H groups in total. The highest BCUT2D eigenvalue weighted by Crippen LogP contribution is 2.57. The molecule has 18 aromatic carbocycles. The van der Waals surface area contributed by atoms with Crippen molar-refractivity contribution >= 4 is 133 Å². The molecule has 116 heavy (non-hydrogen) atoms. The van der Waals surface area contributed by atoms with E-state index in [1.54, 1.807) is 0 Å². The summed E-state index contributed by atoms with van der Waals surface area (Å²) in [5, 5.41) is 16.1. The lowest BCUT2D eigenvalue weighted by atomic mass is 9.63. The molecule has 2 aliphatic heterocycles. The number of halogens is 2. The van der Waals surface area contributed by atoms with Gasteiger partial charge in [0.2, 0.25) is 0 Å². The van der Waals surface area contributed by atoms with Crippen molar-refractivity contribution in [1.82, 2.24) is 9.13 Å². The second-order valence-corrected chi connectivity index (χ2v) is 40.1. The van der Waals surface area contributed by atoms with Gasteiger partial charge in [-0.2, -0.15) is 0 Å². The number of hydrogen-bond acceptors (Lipinski definition) is 0. The molecule has 0 unspecified atom stereocenters. The van der Waals surface area contributed by atoms with Crippen LogP contribution in [0, 0.1) is 0 Å². The van der Waals surface area contributed by atoms with Gasteiger partial charge in [-0.25, -0.2) is 0 Å². The van der Waals surface area contributed by atoms with Crippen LogP contribution in [-0.2, 0) is 10.8 Å². The van der Waals surface area contributed by atoms with Gasteiger partial charge in [-0.05, 0) is 157 Å². The standard InChI is InChI=1S/C79H57NSi2.C31H19Br2N/c1-7-24-64(25-8-1)81(65-26-9-2-10-27-65,66-28-11-3-12-29-66)70-54-46-60(47-55-70)58-42-50-62(51-43-58)79(74-38-20-22-41-77(74)80-76-40-21-19-36-72(76)73-37-23-39-75(79)78(73)80)63-52-44-59(45-53-63)61-48-56-71(57-49-61)82(67-30-13-4-14-31-67,68-32-15-5-16-33-68)69-34-17-6-18-35-69;32-22-16-12-20(13-17-22)31(21-14-18-23(33)19-15-21)26-8-2-4-11-29(26)34-28-10-3-1-6-24(28)25-7-5-9-27(31)30(25)34/h1-57H;1-19H. The van der Waals surface area contributed by atoms with Crippen molar-refractivity contribution in [3.63, 3.8) is 0 Å². The molecule has 0 fully saturated rings. The third-order valence-electron chi connectivity index (χ3n) is 25.0. The van der Waals surface area contributed by atoms with Gasteiger partial charge in [-0.1, -0.05) is 444 Å². The predicted octanol–water partition coefficient (Wildman–Crippen LogP) is 22.6. The molecule has 2 nitrogen and oxygen atoms in total. The molecule has 6 heteroatoms. The largest absolute Gasteiger partial charge is 0.309 e. The van der Waals surface area contributed by atoms with Crippen LogP contribution >= 0.6 is 31.9 Å². The highest BCUT2D eigenvalue weighted by atomic mass is 79.9. The highest BCUT2D eigenvalue weighted by molar-refractivity contribution is 9.10. The van der Waals surface area contributed by atoms with Crippen LogP contribution in [0.2, 0.25) is 0 Å². The summed E-state index contributed by atoms with van der Waals surface area (Å²) in [7, 11) is -5.35. The summed E-state index contributed by atoms with van der Waals surface area (Å²) in [6, 6.07) is 172. The number of benzene rings is 18. The van der Waals surface area contributed by atoms with Crippen molar-refractivity contribution in [2.75, 3.05) is 0 Å². The Labute approximate surface area is 695 Å². The van der Waals surface area contributed by atoms with Gasteiger partial charge in [0, 0.05) is 30.5 Å². The molecular formula is C110H76Br2N2Si2. The Balaban J connectivity index is 0.000000205. The van der Waals surface area contributed by atoms with Crippen LogP contribution in [0.15, 0.2) is 470 Å². The van der Waals surface area contributed by atoms with Crippen LogP contribution in [0.4, 0.5) is 0 Å². The Morgan fingerprint density at radius 1 is 0.181 bits per heavy atom. The van der Waals surface area contributed by atoms with Crippen LogP contribution < -0.4 is 41.5 Å². The zero-order valence-corrected chi connectivity index (χ0v) is 68.7. The first-order chi connectivity index (χ1) is 57.4. The molecule has 4 heterocycles. The number of para-hydroxylation sites is 6. The van der Waals surface area contributed by atoms with Gasteiger partial charge < -0.3 is 9.13 Å². The molecule has 0 bridgehead atoms. The number of nitrogens with zero attached hydrogens (tertiary/aromatic N) is 2. The first kappa shape index (κ1) is 70.8. The van der Waals surface area contributed by atoms with Gasteiger partial charge in [0.05, 0.1) is 44.3 Å². The minimum absolute atomic E-state index is 0.443. The number of rotatable bonds is 14. The third kappa shape index (κ3) is 11.0. The number of aromatic nitrogens is 2. The van der Waals surface area contributed by atoms with Gasteiger partial charge in [-0.3, -0.25) is 0 Å². The Morgan fingerprint density at radius 3 is 0.707 bits per heavy atom. The second kappa shape index (κ2) is 29.1. The first-order valence-corrected chi connectivity index (χ1v) is 45.5. The van der Waals surface area contributed by atoms with E-state index in [1.165, 1.54) is 163 Å². The van der Waals surface area contributed by atoms with Gasteiger partial charge in [0.15, 0.2) is 16.1 Å². The zero-order chi connectivity index (χ0) is 77.4. The molecule has 0 radical (unpaired) electrons. The fraction of sp³-hybridized carbons (Fsp3) is 0.0182. The highest BCUT2D eigenvalue weighted by Gasteiger charge is 2.48. The molecule has 20 aromatic rings. The molecule has 2 aromatic heterocycles. The van der Waals surface area contributed by atoms with Crippen LogP contribution in [0.25, 0.3) is 77.2 Å². The van der Waals surface area contributed by atoms with Crippen LogP contribution in [0.5, 0.6) is 0 Å². The summed E-state index contributed by atoms with van der Waals surface area (Å²) < 4.78 is 7.15. The van der Waals surface area contributed by atoms with Crippen molar-refractivity contribution < 1.29 is 0 Å². The number of hydrogen-bond donors (Lipinski definition) is 0. The predicted molar refractivity (Wildman–Crippen MR) is 499 cm³/mol. The van der Waals surface area contributed by atoms with Crippen molar-refractivity contribution in [1.29, 1.82) is 0 Å². The summed E-state index contributed by atoms with van der Waals surface area (Å²) in [6.45, 7) is 0. The first-order valence-electron chi connectivity index (χ1n) is 39.9. The van der Waals surface area contributed by atoms with E-state index >= 15 is 0 Å². The molecule has 0 amide bonds. The van der Waals surface area contributed by atoms with Gasteiger partial charge in [0.25, 0.3) is 0 Å². The molecular weight excluding hydrogens is 1570 g/mol. The minimum Gasteiger partial charge on any atom is -0.309 e. The zero-order valence-electron chi connectivity index (χ0n) is 63.5. The van der Waals surface area contributed by atoms with Crippen LogP contribution in [0.1, 0.15) is 44.5 Å². The summed E-state index contributed by atoms with van der Waals surface area (Å²) >= 11 is 7.31. The summed E-state index contributed by atoms with van der Waals surface area (Å²) in [4.78, 5) is 0. The average molecular weight is 1640 g/mol. The Kier molecular flexibility index (Phi) is 17.8. The Morgan fingerprint density at radius 2 is 0.405 bits per heavy atom. The fourth-order valence-electron chi connectivity index (χ4n) is 20.2. The monoisotopic (exact) mass is 1640 g/mol. The second-order valence-electron chi connectivity index (χ2n) is 30.7. The minimum atomic E-state index is -2.68. The maximum atomic E-state index is 3.65. The van der Waals surface area contributed by atoms with Crippen molar-refractivity contribution in [3.8, 4) is 33.6 Å². The number of fused-ring (bicyclic) bond motifs is 10. The van der Waals surface area contributed by atoms with Gasteiger partial charge >= 0.3 is 0 Å². The summed E-state index contributed by atoms with van der Waals surface area (Å²) in [6.07, 6.45) is 0. The van der Waals surface area contributed by atoms with E-state index in [0.29, 0.717) is 0 Å². The van der Waals surface area contributed by atoms with Crippen molar-refractivity contribution in [2.24, 2.45) is 0 Å². The van der Waals surface area contributed by atoms with Crippen molar-refractivity contribution in [3.05, 3.63) is 514 Å². The van der Waals surface area contributed by atoms with E-state index < -0.39 is 27.0 Å². The summed E-state index contributed by atoms with van der Waals surface area (Å²) in [5.41, 5.74) is 21.2. The van der Waals surface area contributed by atoms with E-state index in [1.807, 2.05) is 0 Å². The topological polar surface area (TPSA) is 9.86 Å². The van der Waals surface area contributed by atoms with Crippen LogP contribution in [0.3, 0.4) is 0 Å². The van der Waals surface area contributed by atoms with Gasteiger partial charge in [-0.15, -0.1) is 0 Å². The smallest absolute Gasteiger partial charge is 0.179 e. The lowest BCUT2D eigenvalue weighted by Crippen LogP contribution is -2.74. The van der Waals surface area contributed by atoms with E-state index in [2.05, 4.69) is 502 Å². The van der Waals surface area contributed by atoms with E-state index in [0.717, 1.165) is 8.95 Å². The van der Waals surface area contributed by atoms with Crippen molar-refractivity contribution in [2.45, 2.75) is 10.8 Å². The lowest BCUT2D eigenvalue weighted by molar-refractivity contribution is 0.727.